The maximum Gasteiger partial charge on any atom is 0.196 e. The molecule has 1 aromatic heterocycles. The van der Waals surface area contributed by atoms with Crippen LogP contribution < -0.4 is 0 Å². The van der Waals surface area contributed by atoms with Crippen molar-refractivity contribution in [3.63, 3.8) is 0 Å². The van der Waals surface area contributed by atoms with Gasteiger partial charge in [0, 0.05) is 4.88 Å². The van der Waals surface area contributed by atoms with Gasteiger partial charge in [-0.05, 0) is 78.0 Å². The summed E-state index contributed by atoms with van der Waals surface area (Å²) in [5.41, 5.74) is 4.95. The molecule has 1 saturated carbocycles. The highest BCUT2D eigenvalue weighted by atomic mass is 32.1. The number of carbonyl (C=O) groups excluding carboxylic acids is 1. The molecule has 2 aliphatic carbocycles. The number of hydrogen-bond acceptors (Lipinski definition) is 3. The van der Waals surface area contributed by atoms with Crippen LogP contribution in [0.1, 0.15) is 56.6 Å². The van der Waals surface area contributed by atoms with Gasteiger partial charge in [0.2, 0.25) is 0 Å². The summed E-state index contributed by atoms with van der Waals surface area (Å²) in [6.07, 6.45) is 4.58. The van der Waals surface area contributed by atoms with E-state index in [1.807, 2.05) is 25.1 Å². The Bertz CT molecular complexity index is 885. The maximum absolute atomic E-state index is 12.7. The minimum Gasteiger partial charge on any atom is -0.508 e. The van der Waals surface area contributed by atoms with Gasteiger partial charge in [0.25, 0.3) is 0 Å². The lowest BCUT2D eigenvalue weighted by atomic mass is 9.94. The molecule has 2 nitrogen and oxygen atoms in total. The molecule has 1 heterocycles. The second-order valence-electron chi connectivity index (χ2n) is 7.73. The van der Waals surface area contributed by atoms with Crippen molar-refractivity contribution in [1.82, 2.24) is 0 Å². The lowest BCUT2D eigenvalue weighted by molar-refractivity contribution is 0.105. The van der Waals surface area contributed by atoms with Gasteiger partial charge in [-0.1, -0.05) is 26.0 Å². The molecule has 0 saturated heterocycles. The summed E-state index contributed by atoms with van der Waals surface area (Å²) in [4.78, 5) is 14.9. The number of rotatable bonds is 3. The molecule has 1 aromatic carbocycles. The molecule has 0 bridgehead atoms. The van der Waals surface area contributed by atoms with Crippen LogP contribution in [-0.2, 0) is 6.42 Å². The average molecular weight is 338 g/mol. The first-order valence-electron chi connectivity index (χ1n) is 8.45. The molecule has 0 radical (unpaired) electrons. The van der Waals surface area contributed by atoms with Crippen molar-refractivity contribution in [2.75, 3.05) is 0 Å². The Morgan fingerprint density at radius 1 is 1.33 bits per heavy atom. The first-order chi connectivity index (χ1) is 11.3. The highest BCUT2D eigenvalue weighted by Gasteiger charge is 2.63. The van der Waals surface area contributed by atoms with E-state index >= 15 is 0 Å². The van der Waals surface area contributed by atoms with E-state index in [9.17, 15) is 9.90 Å². The largest absolute Gasteiger partial charge is 0.508 e. The highest BCUT2D eigenvalue weighted by Crippen LogP contribution is 2.71. The Balaban J connectivity index is 1.60. The molecule has 124 valence electrons. The molecule has 24 heavy (non-hydrogen) atoms. The van der Waals surface area contributed by atoms with Crippen molar-refractivity contribution in [3.8, 4) is 5.75 Å². The number of phenolic OH excluding ortho intramolecular Hbond substituents is 1. The minimum atomic E-state index is 0.106. The molecule has 2 aliphatic rings. The first kappa shape index (κ1) is 15.6. The van der Waals surface area contributed by atoms with E-state index in [2.05, 4.69) is 20.8 Å². The molecule has 1 N–H and O–H groups in total. The van der Waals surface area contributed by atoms with Crippen molar-refractivity contribution in [2.24, 2.45) is 11.3 Å². The third kappa shape index (κ3) is 2.18. The van der Waals surface area contributed by atoms with Crippen LogP contribution in [0.15, 0.2) is 24.3 Å². The average Bonchev–Trinajstić information content (AvgIpc) is 2.88. The predicted molar refractivity (Wildman–Crippen MR) is 99.0 cm³/mol. The summed E-state index contributed by atoms with van der Waals surface area (Å²) in [7, 11) is 0. The van der Waals surface area contributed by atoms with Crippen LogP contribution in [0.3, 0.4) is 0 Å². The smallest absolute Gasteiger partial charge is 0.196 e. The van der Waals surface area contributed by atoms with Gasteiger partial charge in [-0.15, -0.1) is 11.3 Å². The summed E-state index contributed by atoms with van der Waals surface area (Å²) in [5.74, 6) is 1.78. The van der Waals surface area contributed by atoms with E-state index in [-0.39, 0.29) is 11.5 Å². The molecule has 0 spiro atoms. The number of carbonyl (C=O) groups is 1. The molecule has 2 aromatic rings. The van der Waals surface area contributed by atoms with Crippen molar-refractivity contribution >= 4 is 23.2 Å². The summed E-state index contributed by atoms with van der Waals surface area (Å²) in [6.45, 7) is 8.70. The van der Waals surface area contributed by atoms with Crippen LogP contribution in [0.4, 0.5) is 0 Å². The van der Waals surface area contributed by atoms with Crippen molar-refractivity contribution < 1.29 is 9.90 Å². The quantitative estimate of drug-likeness (QED) is 0.612. The third-order valence-electron chi connectivity index (χ3n) is 5.89. The van der Waals surface area contributed by atoms with E-state index in [1.54, 1.807) is 23.5 Å². The Kier molecular flexibility index (Phi) is 3.30. The van der Waals surface area contributed by atoms with Crippen molar-refractivity contribution in [2.45, 2.75) is 40.0 Å². The predicted octanol–water partition coefficient (Wildman–Crippen LogP) is 5.26. The lowest BCUT2D eigenvalue weighted by Gasteiger charge is -2.09. The summed E-state index contributed by atoms with van der Waals surface area (Å²) < 4.78 is 0. The van der Waals surface area contributed by atoms with Crippen molar-refractivity contribution in [3.05, 3.63) is 56.3 Å². The van der Waals surface area contributed by atoms with Gasteiger partial charge < -0.3 is 5.11 Å². The second-order valence-corrected chi connectivity index (χ2v) is 8.96. The third-order valence-corrected chi connectivity index (χ3v) is 7.07. The first-order valence-corrected chi connectivity index (χ1v) is 9.26. The van der Waals surface area contributed by atoms with E-state index in [0.29, 0.717) is 11.3 Å². The Morgan fingerprint density at radius 2 is 2.08 bits per heavy atom. The van der Waals surface area contributed by atoms with Crippen molar-refractivity contribution in [1.29, 1.82) is 0 Å². The van der Waals surface area contributed by atoms with Gasteiger partial charge in [0.05, 0.1) is 4.88 Å². The minimum absolute atomic E-state index is 0.106. The van der Waals surface area contributed by atoms with Gasteiger partial charge in [-0.25, -0.2) is 0 Å². The van der Waals surface area contributed by atoms with Crippen LogP contribution in [0.25, 0.3) is 6.08 Å². The van der Waals surface area contributed by atoms with E-state index < -0.39 is 0 Å². The standard InChI is InChI=1S/C21H22O2S/c1-11-9-13(5-7-16(11)22)6-8-17(23)20-14-10-15-19(21(15,3)4)18(14)12(2)24-20/h5-9,15,19,22H,10H2,1-4H3/t15-,19-/m1/s1. The topological polar surface area (TPSA) is 37.3 Å². The SMILES string of the molecule is Cc1cc(C=CC(=O)c2sc(C)c3c2C[C@@H]2[C@H]3C2(C)C)ccc1O. The number of fused-ring (bicyclic) bond motifs is 3. The fraction of sp³-hybridized carbons (Fsp3) is 0.381. The molecule has 0 aliphatic heterocycles. The number of aryl methyl sites for hydroxylation is 2. The van der Waals surface area contributed by atoms with Crippen LogP contribution in [-0.4, -0.2) is 10.9 Å². The number of thiophene rings is 1. The molecule has 0 amide bonds. The van der Waals surface area contributed by atoms with Crippen LogP contribution in [0.5, 0.6) is 5.75 Å². The molecule has 2 atom stereocenters. The zero-order chi connectivity index (χ0) is 17.2. The summed E-state index contributed by atoms with van der Waals surface area (Å²) >= 11 is 1.66. The van der Waals surface area contributed by atoms with Gasteiger partial charge in [-0.2, -0.15) is 0 Å². The van der Waals surface area contributed by atoms with Crippen LogP contribution in [0, 0.1) is 25.2 Å². The molecular weight excluding hydrogens is 316 g/mol. The van der Waals surface area contributed by atoms with Gasteiger partial charge >= 0.3 is 0 Å². The maximum atomic E-state index is 12.7. The summed E-state index contributed by atoms with van der Waals surface area (Å²) in [6, 6.07) is 5.39. The second kappa shape index (κ2) is 5.06. The molecule has 3 heteroatoms. The Morgan fingerprint density at radius 3 is 2.79 bits per heavy atom. The number of aromatic hydroxyl groups is 1. The molecule has 4 rings (SSSR count). The highest BCUT2D eigenvalue weighted by molar-refractivity contribution is 7.14. The Labute approximate surface area is 146 Å². The van der Waals surface area contributed by atoms with Crippen LogP contribution in [0.2, 0.25) is 0 Å². The van der Waals surface area contributed by atoms with Gasteiger partial charge in [0.15, 0.2) is 5.78 Å². The number of benzene rings is 1. The molecule has 0 unspecified atom stereocenters. The van der Waals surface area contributed by atoms with E-state index in [1.165, 1.54) is 16.0 Å². The zero-order valence-corrected chi connectivity index (χ0v) is 15.3. The molecular formula is C21H22O2S. The fourth-order valence-electron chi connectivity index (χ4n) is 4.36. The number of phenols is 1. The van der Waals surface area contributed by atoms with E-state index in [4.69, 9.17) is 0 Å². The fourth-order valence-corrected chi connectivity index (χ4v) is 5.51. The normalized spacial score (nSPS) is 23.3. The lowest BCUT2D eigenvalue weighted by Crippen LogP contribution is -2.02. The van der Waals surface area contributed by atoms with Gasteiger partial charge in [-0.3, -0.25) is 4.79 Å². The Hall–Kier alpha value is -1.87. The number of ketones is 1. The zero-order valence-electron chi connectivity index (χ0n) is 14.5. The van der Waals surface area contributed by atoms with Gasteiger partial charge in [0.1, 0.15) is 5.75 Å². The van der Waals surface area contributed by atoms with Crippen LogP contribution >= 0.6 is 11.3 Å². The number of hydrogen-bond donors (Lipinski definition) is 1. The monoisotopic (exact) mass is 338 g/mol. The molecule has 1 fully saturated rings. The number of allylic oxidation sites excluding steroid dienone is 1. The van der Waals surface area contributed by atoms with E-state index in [0.717, 1.165) is 28.3 Å². The summed E-state index contributed by atoms with van der Waals surface area (Å²) in [5, 5.41) is 9.59.